The number of halogens is 3. The second-order valence-corrected chi connectivity index (χ2v) is 7.34. The molecule has 0 aliphatic rings. The number of aryl methyl sites for hydroxylation is 1. The van der Waals surface area contributed by atoms with Crippen LogP contribution >= 0.6 is 11.3 Å². The summed E-state index contributed by atoms with van der Waals surface area (Å²) in [6, 6.07) is 12.3. The lowest BCUT2D eigenvalue weighted by molar-refractivity contribution is -0.137. The van der Waals surface area contributed by atoms with Crippen molar-refractivity contribution in [2.24, 2.45) is 0 Å². The molecule has 4 aromatic rings. The molecule has 0 bridgehead atoms. The molecule has 0 aliphatic heterocycles. The number of rotatable bonds is 3. The fourth-order valence-corrected chi connectivity index (χ4v) is 4.07. The first-order valence-corrected chi connectivity index (χ1v) is 9.05. The van der Waals surface area contributed by atoms with Crippen molar-refractivity contribution in [1.29, 1.82) is 0 Å². The van der Waals surface area contributed by atoms with E-state index < -0.39 is 11.7 Å². The van der Waals surface area contributed by atoms with Crippen LogP contribution in [-0.4, -0.2) is 14.7 Å². The smallest absolute Gasteiger partial charge is 0.416 e. The van der Waals surface area contributed by atoms with Crippen molar-refractivity contribution in [3.05, 3.63) is 70.9 Å². The number of fused-ring (bicyclic) bond motifs is 1. The quantitative estimate of drug-likeness (QED) is 0.478. The zero-order valence-corrected chi connectivity index (χ0v) is 15.1. The van der Waals surface area contributed by atoms with E-state index in [1.54, 1.807) is 12.1 Å². The predicted molar refractivity (Wildman–Crippen MR) is 100.0 cm³/mol. The summed E-state index contributed by atoms with van der Waals surface area (Å²) < 4.78 is 40.2. The molecular weight excluding hydrogens is 373 g/mol. The van der Waals surface area contributed by atoms with Crippen LogP contribution in [0.15, 0.2) is 54.7 Å². The molecule has 2 aromatic heterocycles. The lowest BCUT2D eigenvalue weighted by Gasteiger charge is -2.06. The van der Waals surface area contributed by atoms with Gasteiger partial charge >= 0.3 is 6.18 Å². The van der Waals surface area contributed by atoms with Gasteiger partial charge in [-0.25, -0.2) is 4.98 Å². The Morgan fingerprint density at radius 1 is 1.07 bits per heavy atom. The molecule has 0 aliphatic carbocycles. The average molecular weight is 388 g/mol. The third kappa shape index (κ3) is 3.30. The molecule has 3 nitrogen and oxygen atoms in total. The Balaban J connectivity index is 1.64. The molecule has 138 valence electrons. The minimum absolute atomic E-state index is 0.234. The van der Waals surface area contributed by atoms with E-state index in [9.17, 15) is 18.3 Å². The van der Waals surface area contributed by atoms with Crippen LogP contribution in [-0.2, 0) is 12.7 Å². The van der Waals surface area contributed by atoms with Gasteiger partial charge in [-0.05, 0) is 37.3 Å². The molecule has 4 rings (SSSR count). The van der Waals surface area contributed by atoms with Gasteiger partial charge in [-0.15, -0.1) is 11.3 Å². The molecular formula is C20H15F3N2OS. The minimum atomic E-state index is -4.34. The highest BCUT2D eigenvalue weighted by Crippen LogP contribution is 2.34. The lowest BCUT2D eigenvalue weighted by atomic mass is 10.1. The highest BCUT2D eigenvalue weighted by Gasteiger charge is 2.30. The van der Waals surface area contributed by atoms with E-state index in [4.69, 9.17) is 0 Å². The Kier molecular flexibility index (Phi) is 4.19. The van der Waals surface area contributed by atoms with Crippen molar-refractivity contribution in [3.8, 4) is 16.3 Å². The van der Waals surface area contributed by atoms with E-state index in [2.05, 4.69) is 4.98 Å². The number of hydrogen-bond donors (Lipinski definition) is 1. The standard InChI is InChI=1S/C20H15F3N2OS/c1-12-18(11-25-10-9-15-16(25)3-2-4-17(15)26)27-19(24-12)13-5-7-14(8-6-13)20(21,22)23/h2-10,26H,11H2,1H3. The van der Waals surface area contributed by atoms with Gasteiger partial charge in [0.25, 0.3) is 0 Å². The molecule has 27 heavy (non-hydrogen) atoms. The van der Waals surface area contributed by atoms with Gasteiger partial charge in [0.15, 0.2) is 0 Å². The Morgan fingerprint density at radius 2 is 1.81 bits per heavy atom. The molecule has 1 N–H and O–H groups in total. The summed E-state index contributed by atoms with van der Waals surface area (Å²) in [7, 11) is 0. The summed E-state index contributed by atoms with van der Waals surface area (Å²) in [5.74, 6) is 0.234. The Morgan fingerprint density at radius 3 is 2.52 bits per heavy atom. The number of phenolic OH excluding ortho intramolecular Hbond substituents is 1. The van der Waals surface area contributed by atoms with Crippen LogP contribution in [0.4, 0.5) is 13.2 Å². The highest BCUT2D eigenvalue weighted by molar-refractivity contribution is 7.15. The van der Waals surface area contributed by atoms with Gasteiger partial charge in [0.1, 0.15) is 10.8 Å². The fourth-order valence-electron chi connectivity index (χ4n) is 3.00. The van der Waals surface area contributed by atoms with Crippen molar-refractivity contribution in [3.63, 3.8) is 0 Å². The van der Waals surface area contributed by atoms with Crippen LogP contribution in [0, 0.1) is 6.92 Å². The van der Waals surface area contributed by atoms with Gasteiger partial charge in [-0.2, -0.15) is 13.2 Å². The van der Waals surface area contributed by atoms with Crippen LogP contribution < -0.4 is 0 Å². The van der Waals surface area contributed by atoms with E-state index in [-0.39, 0.29) is 5.75 Å². The first-order chi connectivity index (χ1) is 12.8. The maximum atomic E-state index is 12.7. The maximum Gasteiger partial charge on any atom is 0.416 e. The van der Waals surface area contributed by atoms with E-state index in [1.165, 1.54) is 23.5 Å². The molecule has 2 heterocycles. The molecule has 0 fully saturated rings. The molecule has 0 atom stereocenters. The molecule has 0 spiro atoms. The number of phenols is 1. The van der Waals surface area contributed by atoms with Crippen molar-refractivity contribution in [2.75, 3.05) is 0 Å². The molecule has 0 radical (unpaired) electrons. The van der Waals surface area contributed by atoms with Crippen molar-refractivity contribution >= 4 is 22.2 Å². The largest absolute Gasteiger partial charge is 0.507 e. The molecule has 0 saturated heterocycles. The summed E-state index contributed by atoms with van der Waals surface area (Å²) >= 11 is 1.46. The summed E-state index contributed by atoms with van der Waals surface area (Å²) in [6.07, 6.45) is -2.44. The number of hydrogen-bond acceptors (Lipinski definition) is 3. The molecule has 7 heteroatoms. The first kappa shape index (κ1) is 17.6. The second kappa shape index (κ2) is 6.42. The van der Waals surface area contributed by atoms with E-state index in [0.29, 0.717) is 17.1 Å². The Hall–Kier alpha value is -2.80. The van der Waals surface area contributed by atoms with Gasteiger partial charge in [-0.1, -0.05) is 18.2 Å². The molecule has 2 aromatic carbocycles. The van der Waals surface area contributed by atoms with Crippen LogP contribution in [0.5, 0.6) is 5.75 Å². The van der Waals surface area contributed by atoms with Gasteiger partial charge in [0.05, 0.1) is 23.3 Å². The fraction of sp³-hybridized carbons (Fsp3) is 0.150. The lowest BCUT2D eigenvalue weighted by Crippen LogP contribution is -2.03. The van der Waals surface area contributed by atoms with Crippen LogP contribution in [0.3, 0.4) is 0 Å². The SMILES string of the molecule is Cc1nc(-c2ccc(C(F)(F)F)cc2)sc1Cn1ccc2c(O)cccc21. The van der Waals surface area contributed by atoms with E-state index in [0.717, 1.165) is 33.6 Å². The molecule has 0 unspecified atom stereocenters. The number of thiazole rings is 1. The number of benzene rings is 2. The summed E-state index contributed by atoms with van der Waals surface area (Å²) in [5, 5.41) is 11.4. The number of aromatic nitrogens is 2. The second-order valence-electron chi connectivity index (χ2n) is 6.26. The molecule has 0 amide bonds. The zero-order valence-electron chi connectivity index (χ0n) is 14.3. The monoisotopic (exact) mass is 388 g/mol. The highest BCUT2D eigenvalue weighted by atomic mass is 32.1. The summed E-state index contributed by atoms with van der Waals surface area (Å²) in [4.78, 5) is 5.54. The van der Waals surface area contributed by atoms with Gasteiger partial charge in [-0.3, -0.25) is 0 Å². The average Bonchev–Trinajstić information content (AvgIpc) is 3.20. The van der Waals surface area contributed by atoms with Crippen molar-refractivity contribution in [2.45, 2.75) is 19.6 Å². The van der Waals surface area contributed by atoms with E-state index in [1.807, 2.05) is 29.8 Å². The van der Waals surface area contributed by atoms with Gasteiger partial charge in [0.2, 0.25) is 0 Å². The predicted octanol–water partition coefficient (Wildman–Crippen LogP) is 5.85. The molecule has 0 saturated carbocycles. The van der Waals surface area contributed by atoms with Gasteiger partial charge < -0.3 is 9.67 Å². The first-order valence-electron chi connectivity index (χ1n) is 8.23. The summed E-state index contributed by atoms with van der Waals surface area (Å²) in [6.45, 7) is 2.47. The van der Waals surface area contributed by atoms with Gasteiger partial charge in [0, 0.05) is 22.0 Å². The number of aromatic hydroxyl groups is 1. The third-order valence-corrected chi connectivity index (χ3v) is 5.65. The number of alkyl halides is 3. The Bertz CT molecular complexity index is 1110. The minimum Gasteiger partial charge on any atom is -0.507 e. The van der Waals surface area contributed by atoms with Crippen LogP contribution in [0.1, 0.15) is 16.1 Å². The maximum absolute atomic E-state index is 12.7. The normalized spacial score (nSPS) is 12.0. The number of nitrogens with zero attached hydrogens (tertiary/aromatic N) is 2. The summed E-state index contributed by atoms with van der Waals surface area (Å²) in [5.41, 5.74) is 1.76. The van der Waals surface area contributed by atoms with E-state index >= 15 is 0 Å². The topological polar surface area (TPSA) is 38.0 Å². The van der Waals surface area contributed by atoms with Crippen molar-refractivity contribution in [1.82, 2.24) is 9.55 Å². The third-order valence-electron chi connectivity index (χ3n) is 4.46. The Labute approximate surface area is 157 Å². The zero-order chi connectivity index (χ0) is 19.2. The van der Waals surface area contributed by atoms with Crippen molar-refractivity contribution < 1.29 is 18.3 Å². The van der Waals surface area contributed by atoms with Crippen LogP contribution in [0.2, 0.25) is 0 Å². The van der Waals surface area contributed by atoms with Crippen LogP contribution in [0.25, 0.3) is 21.5 Å².